The van der Waals surface area contributed by atoms with E-state index >= 15 is 0 Å². The topological polar surface area (TPSA) is 78.9 Å². The van der Waals surface area contributed by atoms with Crippen molar-refractivity contribution >= 4 is 17.9 Å². The highest BCUT2D eigenvalue weighted by Gasteiger charge is 2.40. The molecule has 0 amide bonds. The van der Waals surface area contributed by atoms with Crippen molar-refractivity contribution in [3.63, 3.8) is 0 Å². The zero-order valence-electron chi connectivity index (χ0n) is 28.0. The summed E-state index contributed by atoms with van der Waals surface area (Å²) < 4.78 is 16.8. The molecule has 42 heavy (non-hydrogen) atoms. The Morgan fingerprint density at radius 2 is 0.905 bits per heavy atom. The van der Waals surface area contributed by atoms with Crippen LogP contribution in [0.1, 0.15) is 144 Å². The zero-order valence-corrected chi connectivity index (χ0v) is 28.0. The summed E-state index contributed by atoms with van der Waals surface area (Å²) >= 11 is 0. The molecule has 0 saturated heterocycles. The van der Waals surface area contributed by atoms with Crippen molar-refractivity contribution in [3.8, 4) is 0 Å². The quantitative estimate of drug-likeness (QED) is 0.0481. The highest BCUT2D eigenvalue weighted by Crippen LogP contribution is 2.32. The molecule has 3 unspecified atom stereocenters. The van der Waals surface area contributed by atoms with Crippen LogP contribution in [0.4, 0.5) is 0 Å². The second-order valence-electron chi connectivity index (χ2n) is 13.7. The van der Waals surface area contributed by atoms with Crippen LogP contribution >= 0.6 is 0 Å². The summed E-state index contributed by atoms with van der Waals surface area (Å²) in [7, 11) is 0. The summed E-state index contributed by atoms with van der Waals surface area (Å²) in [5.74, 6) is -1.03. The predicted molar refractivity (Wildman–Crippen MR) is 171 cm³/mol. The lowest BCUT2D eigenvalue weighted by molar-refractivity contribution is -0.161. The van der Waals surface area contributed by atoms with Gasteiger partial charge < -0.3 is 14.2 Å². The SMILES string of the molecule is CC(C)CCCCCCOC(=O)C1C=CC(C(=O)OCCCCCCC(C)C)C(C(=O)OCCCCCCC(C)C)C1. The van der Waals surface area contributed by atoms with Crippen LogP contribution in [-0.2, 0) is 28.6 Å². The van der Waals surface area contributed by atoms with Gasteiger partial charge in [0.1, 0.15) is 0 Å². The van der Waals surface area contributed by atoms with E-state index in [0.717, 1.165) is 63.7 Å². The van der Waals surface area contributed by atoms with Gasteiger partial charge in [-0.25, -0.2) is 0 Å². The van der Waals surface area contributed by atoms with E-state index in [1.165, 1.54) is 38.5 Å². The first kappa shape index (κ1) is 38.2. The largest absolute Gasteiger partial charge is 0.465 e. The third-order valence-electron chi connectivity index (χ3n) is 8.13. The Labute approximate surface area is 258 Å². The number of rotatable bonds is 24. The minimum Gasteiger partial charge on any atom is -0.465 e. The van der Waals surface area contributed by atoms with E-state index in [-0.39, 0.29) is 12.4 Å². The summed E-state index contributed by atoms with van der Waals surface area (Å²) in [5, 5.41) is 0. The molecule has 0 bridgehead atoms. The van der Waals surface area contributed by atoms with Gasteiger partial charge in [-0.1, -0.05) is 131 Å². The molecular weight excluding hydrogens is 528 g/mol. The first-order chi connectivity index (χ1) is 20.1. The molecule has 6 nitrogen and oxygen atoms in total. The maximum Gasteiger partial charge on any atom is 0.313 e. The van der Waals surface area contributed by atoms with E-state index in [1.54, 1.807) is 12.2 Å². The van der Waals surface area contributed by atoms with Crippen molar-refractivity contribution in [1.82, 2.24) is 0 Å². The molecule has 0 radical (unpaired) electrons. The third-order valence-corrected chi connectivity index (χ3v) is 8.13. The lowest BCUT2D eigenvalue weighted by Crippen LogP contribution is -2.37. The van der Waals surface area contributed by atoms with Crippen molar-refractivity contribution in [2.24, 2.45) is 35.5 Å². The summed E-state index contributed by atoms with van der Waals surface area (Å²) in [6.07, 6.45) is 19.8. The maximum absolute atomic E-state index is 13.2. The highest BCUT2D eigenvalue weighted by molar-refractivity contribution is 5.85. The van der Waals surface area contributed by atoms with Crippen molar-refractivity contribution in [1.29, 1.82) is 0 Å². The molecule has 6 heteroatoms. The van der Waals surface area contributed by atoms with Gasteiger partial charge in [0, 0.05) is 0 Å². The fraction of sp³-hybridized carbons (Fsp3) is 0.861. The van der Waals surface area contributed by atoms with Crippen LogP contribution in [0, 0.1) is 35.5 Å². The minimum atomic E-state index is -0.733. The number of hydrogen-bond acceptors (Lipinski definition) is 6. The Morgan fingerprint density at radius 1 is 0.524 bits per heavy atom. The van der Waals surface area contributed by atoms with Gasteiger partial charge in [0.15, 0.2) is 0 Å². The lowest BCUT2D eigenvalue weighted by atomic mass is 9.79. The summed E-state index contributed by atoms with van der Waals surface area (Å²) in [6, 6.07) is 0. The molecule has 1 aliphatic carbocycles. The lowest BCUT2D eigenvalue weighted by Gasteiger charge is -2.28. The van der Waals surface area contributed by atoms with E-state index in [0.29, 0.717) is 31.7 Å². The average Bonchev–Trinajstić information content (AvgIpc) is 2.94. The molecule has 0 aliphatic heterocycles. The first-order valence-electron chi connectivity index (χ1n) is 17.3. The standard InChI is InChI=1S/C36H64O6/c1-28(2)19-13-7-10-16-24-40-34(37)31-22-23-32(35(38)41-25-17-11-8-14-20-29(3)4)33(27-31)36(39)42-26-18-12-9-15-21-30(5)6/h22-23,28-33H,7-21,24-27H2,1-6H3. The summed E-state index contributed by atoms with van der Waals surface area (Å²) in [4.78, 5) is 39.0. The molecule has 0 aromatic heterocycles. The Bertz CT molecular complexity index is 756. The second-order valence-corrected chi connectivity index (χ2v) is 13.7. The molecule has 0 N–H and O–H groups in total. The van der Waals surface area contributed by atoms with Crippen LogP contribution in [0.15, 0.2) is 12.2 Å². The van der Waals surface area contributed by atoms with Crippen molar-refractivity contribution in [2.75, 3.05) is 19.8 Å². The second kappa shape index (κ2) is 23.6. The van der Waals surface area contributed by atoms with Gasteiger partial charge in [-0.3, -0.25) is 14.4 Å². The van der Waals surface area contributed by atoms with Crippen LogP contribution in [0.3, 0.4) is 0 Å². The smallest absolute Gasteiger partial charge is 0.313 e. The summed E-state index contributed by atoms with van der Waals surface area (Å²) in [6.45, 7) is 14.5. The van der Waals surface area contributed by atoms with Crippen molar-refractivity contribution < 1.29 is 28.6 Å². The molecule has 1 aliphatic rings. The van der Waals surface area contributed by atoms with E-state index in [4.69, 9.17) is 14.2 Å². The maximum atomic E-state index is 13.2. The van der Waals surface area contributed by atoms with Crippen LogP contribution in [0.2, 0.25) is 0 Å². The number of ether oxygens (including phenoxy) is 3. The Hall–Kier alpha value is -1.85. The zero-order chi connectivity index (χ0) is 31.2. The summed E-state index contributed by atoms with van der Waals surface area (Å²) in [5.41, 5.74) is 0. The molecule has 0 fully saturated rings. The number of esters is 3. The monoisotopic (exact) mass is 592 g/mol. The normalized spacial score (nSPS) is 18.5. The van der Waals surface area contributed by atoms with Gasteiger partial charge in [-0.05, 0) is 43.4 Å². The first-order valence-corrected chi connectivity index (χ1v) is 17.3. The molecule has 0 aromatic rings. The molecular formula is C36H64O6. The van der Waals surface area contributed by atoms with Gasteiger partial charge in [-0.15, -0.1) is 0 Å². The van der Waals surface area contributed by atoms with Crippen LogP contribution in [0.5, 0.6) is 0 Å². The van der Waals surface area contributed by atoms with Crippen molar-refractivity contribution in [3.05, 3.63) is 12.2 Å². The number of hydrogen-bond donors (Lipinski definition) is 0. The van der Waals surface area contributed by atoms with E-state index in [1.807, 2.05) is 0 Å². The van der Waals surface area contributed by atoms with Gasteiger partial charge in [-0.2, -0.15) is 0 Å². The fourth-order valence-corrected chi connectivity index (χ4v) is 5.40. The average molecular weight is 593 g/mol. The minimum absolute atomic E-state index is 0.214. The molecule has 1 rings (SSSR count). The molecule has 244 valence electrons. The van der Waals surface area contributed by atoms with Gasteiger partial charge in [0.2, 0.25) is 0 Å². The van der Waals surface area contributed by atoms with Crippen LogP contribution in [0.25, 0.3) is 0 Å². The highest BCUT2D eigenvalue weighted by atomic mass is 16.5. The number of carbonyl (C=O) groups excluding carboxylic acids is 3. The Kier molecular flexibility index (Phi) is 21.4. The molecule has 0 saturated carbocycles. The van der Waals surface area contributed by atoms with E-state index < -0.39 is 29.7 Å². The Balaban J connectivity index is 2.59. The molecule has 0 aromatic carbocycles. The number of carbonyl (C=O) groups is 3. The van der Waals surface area contributed by atoms with E-state index in [9.17, 15) is 14.4 Å². The van der Waals surface area contributed by atoms with Crippen molar-refractivity contribution in [2.45, 2.75) is 144 Å². The number of unbranched alkanes of at least 4 members (excludes halogenated alkanes) is 9. The van der Waals surface area contributed by atoms with Gasteiger partial charge in [0.05, 0.1) is 37.6 Å². The fourth-order valence-electron chi connectivity index (χ4n) is 5.40. The predicted octanol–water partition coefficient (Wildman–Crippen LogP) is 9.24. The van der Waals surface area contributed by atoms with Gasteiger partial charge >= 0.3 is 17.9 Å². The Morgan fingerprint density at radius 3 is 1.33 bits per heavy atom. The van der Waals surface area contributed by atoms with E-state index in [2.05, 4.69) is 41.5 Å². The van der Waals surface area contributed by atoms with Gasteiger partial charge in [0.25, 0.3) is 0 Å². The third kappa shape index (κ3) is 18.6. The van der Waals surface area contributed by atoms with Crippen LogP contribution < -0.4 is 0 Å². The molecule has 0 spiro atoms. The molecule has 0 heterocycles. The van der Waals surface area contributed by atoms with Crippen LogP contribution in [-0.4, -0.2) is 37.7 Å². The molecule has 3 atom stereocenters.